The van der Waals surface area contributed by atoms with Crippen LogP contribution in [0.2, 0.25) is 0 Å². The van der Waals surface area contributed by atoms with Gasteiger partial charge in [-0.3, -0.25) is 10.8 Å². The Morgan fingerprint density at radius 1 is 1.07 bits per heavy atom. The van der Waals surface area contributed by atoms with Crippen LogP contribution in [0.1, 0.15) is 42.0 Å². The summed E-state index contributed by atoms with van der Waals surface area (Å²) < 4.78 is 48.6. The van der Waals surface area contributed by atoms with Crippen LogP contribution in [0.4, 0.5) is 18.9 Å². The first kappa shape index (κ1) is 29.5. The van der Waals surface area contributed by atoms with E-state index in [4.69, 9.17) is 21.3 Å². The van der Waals surface area contributed by atoms with E-state index < -0.39 is 11.7 Å². The summed E-state index contributed by atoms with van der Waals surface area (Å²) in [5.74, 6) is 0.108. The molecule has 1 aliphatic rings. The molecule has 0 aliphatic carbocycles. The molecule has 0 atom stereocenters. The molecule has 10 heteroatoms. The largest absolute Gasteiger partial charge is 0.507 e. The van der Waals surface area contributed by atoms with Crippen LogP contribution in [0.5, 0.6) is 11.5 Å². The number of benzene rings is 3. The number of piperidine rings is 1. The monoisotopic (exact) mass is 565 g/mol. The lowest BCUT2D eigenvalue weighted by Gasteiger charge is -2.33. The average molecular weight is 566 g/mol. The normalized spacial score (nSPS) is 14.3. The van der Waals surface area contributed by atoms with Crippen molar-refractivity contribution in [3.8, 4) is 11.5 Å². The number of amidine groups is 2. The van der Waals surface area contributed by atoms with Gasteiger partial charge in [0.1, 0.15) is 23.4 Å². The van der Waals surface area contributed by atoms with Crippen LogP contribution in [0.25, 0.3) is 6.08 Å². The van der Waals surface area contributed by atoms with Crippen molar-refractivity contribution in [2.24, 2.45) is 5.73 Å². The fourth-order valence-corrected chi connectivity index (χ4v) is 4.76. The topological polar surface area (TPSA) is 110 Å². The SMILES string of the molecule is CC(=N)N1CCC(Oc2ccc(N(CC=Cc3cc(C(=N)N)ccc3O)Cc3ccccc3)cc2C(F)(F)F)CC1. The molecule has 0 bridgehead atoms. The Hall–Kier alpha value is -4.47. The van der Waals surface area contributed by atoms with E-state index in [9.17, 15) is 18.3 Å². The Morgan fingerprint density at radius 3 is 2.41 bits per heavy atom. The van der Waals surface area contributed by atoms with Crippen molar-refractivity contribution in [2.45, 2.75) is 38.6 Å². The molecule has 1 heterocycles. The molecule has 1 saturated heterocycles. The quantitative estimate of drug-likeness (QED) is 0.181. The maximum Gasteiger partial charge on any atom is 0.420 e. The highest BCUT2D eigenvalue weighted by Crippen LogP contribution is 2.40. The van der Waals surface area contributed by atoms with E-state index in [1.165, 1.54) is 18.2 Å². The molecule has 0 saturated carbocycles. The van der Waals surface area contributed by atoms with Gasteiger partial charge in [0.05, 0.1) is 11.4 Å². The molecule has 0 amide bonds. The molecular weight excluding hydrogens is 531 g/mol. The molecule has 5 N–H and O–H groups in total. The van der Waals surface area contributed by atoms with Crippen molar-refractivity contribution in [3.05, 3.63) is 95.1 Å². The maximum atomic E-state index is 14.3. The highest BCUT2D eigenvalue weighted by Gasteiger charge is 2.36. The van der Waals surface area contributed by atoms with Crippen LogP contribution >= 0.6 is 0 Å². The molecule has 4 rings (SSSR count). The van der Waals surface area contributed by atoms with Gasteiger partial charge in [-0.2, -0.15) is 13.2 Å². The summed E-state index contributed by atoms with van der Waals surface area (Å²) in [6.45, 7) is 3.44. The van der Waals surface area contributed by atoms with E-state index >= 15 is 0 Å². The molecule has 41 heavy (non-hydrogen) atoms. The minimum atomic E-state index is -4.62. The second-order valence-corrected chi connectivity index (χ2v) is 10.0. The minimum Gasteiger partial charge on any atom is -0.507 e. The molecule has 3 aromatic carbocycles. The number of aromatic hydroxyl groups is 1. The van der Waals surface area contributed by atoms with Gasteiger partial charge in [0.2, 0.25) is 0 Å². The van der Waals surface area contributed by atoms with Crippen LogP contribution in [-0.2, 0) is 12.7 Å². The zero-order chi connectivity index (χ0) is 29.6. The van der Waals surface area contributed by atoms with E-state index in [0.29, 0.717) is 55.1 Å². The Morgan fingerprint density at radius 2 is 1.78 bits per heavy atom. The Labute approximate surface area is 237 Å². The van der Waals surface area contributed by atoms with Gasteiger partial charge in [0.25, 0.3) is 0 Å². The number of rotatable bonds is 9. The van der Waals surface area contributed by atoms with Crippen LogP contribution in [0, 0.1) is 10.8 Å². The summed E-state index contributed by atoms with van der Waals surface area (Å²) in [5.41, 5.74) is 6.92. The van der Waals surface area contributed by atoms with Gasteiger partial charge in [0, 0.05) is 55.8 Å². The summed E-state index contributed by atoms with van der Waals surface area (Å²) in [6, 6.07) is 18.1. The molecule has 0 radical (unpaired) electrons. The predicted molar refractivity (Wildman–Crippen MR) is 156 cm³/mol. The Balaban J connectivity index is 1.60. The second-order valence-electron chi connectivity index (χ2n) is 10.0. The lowest BCUT2D eigenvalue weighted by molar-refractivity contribution is -0.139. The van der Waals surface area contributed by atoms with Gasteiger partial charge >= 0.3 is 6.18 Å². The first-order chi connectivity index (χ1) is 19.5. The van der Waals surface area contributed by atoms with E-state index in [1.54, 1.807) is 31.2 Å². The van der Waals surface area contributed by atoms with Gasteiger partial charge in [-0.1, -0.05) is 42.5 Å². The summed E-state index contributed by atoms with van der Waals surface area (Å²) in [7, 11) is 0. The highest BCUT2D eigenvalue weighted by molar-refractivity contribution is 5.95. The number of phenolic OH excluding ortho intramolecular Hbond substituents is 1. The van der Waals surface area contributed by atoms with Crippen molar-refractivity contribution in [1.82, 2.24) is 4.90 Å². The second kappa shape index (κ2) is 12.8. The number of hydrogen-bond acceptors (Lipinski definition) is 5. The van der Waals surface area contributed by atoms with Gasteiger partial charge in [0.15, 0.2) is 0 Å². The number of ether oxygens (including phenoxy) is 1. The zero-order valence-electron chi connectivity index (χ0n) is 22.8. The first-order valence-corrected chi connectivity index (χ1v) is 13.3. The highest BCUT2D eigenvalue weighted by atomic mass is 19.4. The number of nitrogen functional groups attached to an aromatic ring is 1. The Kier molecular flexibility index (Phi) is 9.21. The number of anilines is 1. The van der Waals surface area contributed by atoms with Crippen molar-refractivity contribution < 1.29 is 23.0 Å². The van der Waals surface area contributed by atoms with Gasteiger partial charge in [-0.25, -0.2) is 0 Å². The maximum absolute atomic E-state index is 14.3. The summed E-state index contributed by atoms with van der Waals surface area (Å²) >= 11 is 0. The fraction of sp³-hybridized carbons (Fsp3) is 0.290. The molecular formula is C31H34F3N5O2. The minimum absolute atomic E-state index is 0.00308. The lowest BCUT2D eigenvalue weighted by atomic mass is 10.1. The number of nitrogens with two attached hydrogens (primary N) is 1. The standard InChI is InChI=1S/C31H34F3N5O2/c1-21(35)38-16-13-26(14-17-38)41-29-12-10-25(19-27(29)31(32,33)34)39(20-22-6-3-2-4-7-22)15-5-8-23-18-24(30(36)37)9-11-28(23)40/h2-12,18-19,26,35,40H,13-17,20H2,1H3,(H3,36,37). The smallest absolute Gasteiger partial charge is 0.420 e. The lowest BCUT2D eigenvalue weighted by Crippen LogP contribution is -2.40. The number of likely N-dealkylation sites (tertiary alicyclic amines) is 1. The number of alkyl halides is 3. The number of nitrogens with zero attached hydrogens (tertiary/aromatic N) is 2. The predicted octanol–water partition coefficient (Wildman–Crippen LogP) is 6.26. The molecule has 216 valence electrons. The third-order valence-corrected chi connectivity index (χ3v) is 7.02. The van der Waals surface area contributed by atoms with Crippen molar-refractivity contribution in [1.29, 1.82) is 10.8 Å². The summed E-state index contributed by atoms with van der Waals surface area (Å²) in [4.78, 5) is 3.70. The summed E-state index contributed by atoms with van der Waals surface area (Å²) in [6.07, 6.45) is -0.497. The zero-order valence-corrected chi connectivity index (χ0v) is 22.8. The number of halogens is 3. The van der Waals surface area contributed by atoms with Crippen molar-refractivity contribution >= 4 is 23.4 Å². The van der Waals surface area contributed by atoms with Gasteiger partial charge < -0.3 is 25.4 Å². The molecule has 0 unspecified atom stereocenters. The molecule has 1 fully saturated rings. The Bertz CT molecular complexity index is 1400. The molecule has 1 aliphatic heterocycles. The van der Waals surface area contributed by atoms with Crippen molar-refractivity contribution in [3.63, 3.8) is 0 Å². The fourth-order valence-electron chi connectivity index (χ4n) is 4.76. The van der Waals surface area contributed by atoms with Crippen LogP contribution in [0.3, 0.4) is 0 Å². The van der Waals surface area contributed by atoms with E-state index in [1.807, 2.05) is 40.1 Å². The van der Waals surface area contributed by atoms with Crippen LogP contribution in [-0.4, -0.2) is 47.4 Å². The van der Waals surface area contributed by atoms with Gasteiger partial charge in [-0.05, 0) is 48.9 Å². The van der Waals surface area contributed by atoms with Crippen LogP contribution < -0.4 is 15.4 Å². The molecule has 0 spiro atoms. The van der Waals surface area contributed by atoms with Gasteiger partial charge in [-0.15, -0.1) is 0 Å². The number of hydrogen-bond donors (Lipinski definition) is 4. The number of phenols is 1. The number of nitrogens with one attached hydrogen (secondary N) is 2. The molecule has 7 nitrogen and oxygen atoms in total. The van der Waals surface area contributed by atoms with Crippen molar-refractivity contribution in [2.75, 3.05) is 24.5 Å². The average Bonchev–Trinajstić information content (AvgIpc) is 2.94. The third kappa shape index (κ3) is 7.81. The van der Waals surface area contributed by atoms with E-state index in [-0.39, 0.29) is 30.0 Å². The third-order valence-electron chi connectivity index (χ3n) is 7.02. The van der Waals surface area contributed by atoms with E-state index in [2.05, 4.69) is 0 Å². The molecule has 0 aromatic heterocycles. The van der Waals surface area contributed by atoms with E-state index in [0.717, 1.165) is 11.6 Å². The van der Waals surface area contributed by atoms with Crippen LogP contribution in [0.15, 0.2) is 72.8 Å². The summed E-state index contributed by atoms with van der Waals surface area (Å²) in [5, 5.41) is 25.6. The first-order valence-electron chi connectivity index (χ1n) is 13.3. The molecule has 3 aromatic rings.